The van der Waals surface area contributed by atoms with E-state index in [9.17, 15) is 4.79 Å². The van der Waals surface area contributed by atoms with E-state index >= 15 is 0 Å². The standard InChI is InChI=1S/C10H22N2O3/c1-5-15-7-8(6-11)12(9(13)14)10(2,3)4/h8H,5-7,11H2,1-4H3,(H,13,14)/t8-/m1/s1. The predicted molar refractivity (Wildman–Crippen MR) is 59.0 cm³/mol. The number of ether oxygens (including phenoxy) is 1. The van der Waals surface area contributed by atoms with Gasteiger partial charge in [0.15, 0.2) is 0 Å². The Labute approximate surface area is 91.2 Å². The molecule has 0 aliphatic rings. The molecule has 0 aromatic heterocycles. The second kappa shape index (κ2) is 5.92. The maximum atomic E-state index is 11.1. The van der Waals surface area contributed by atoms with Crippen LogP contribution in [0.2, 0.25) is 0 Å². The van der Waals surface area contributed by atoms with Gasteiger partial charge in [-0.05, 0) is 27.7 Å². The fourth-order valence-corrected chi connectivity index (χ4v) is 1.49. The number of carboxylic acid groups (broad SMARTS) is 1. The zero-order valence-electron chi connectivity index (χ0n) is 9.99. The third-order valence-electron chi connectivity index (χ3n) is 2.08. The van der Waals surface area contributed by atoms with Crippen molar-refractivity contribution in [3.8, 4) is 0 Å². The first-order valence-electron chi connectivity index (χ1n) is 5.14. The Bertz CT molecular complexity index is 201. The topological polar surface area (TPSA) is 75.8 Å². The van der Waals surface area contributed by atoms with Crippen LogP contribution in [-0.4, -0.2) is 47.4 Å². The molecule has 0 rings (SSSR count). The summed E-state index contributed by atoms with van der Waals surface area (Å²) >= 11 is 0. The second-order valence-corrected chi connectivity index (χ2v) is 4.37. The molecule has 1 amide bonds. The molecule has 0 aliphatic heterocycles. The highest BCUT2D eigenvalue weighted by Crippen LogP contribution is 2.17. The number of nitrogens with two attached hydrogens (primary N) is 1. The first-order valence-corrected chi connectivity index (χ1v) is 5.14. The monoisotopic (exact) mass is 218 g/mol. The van der Waals surface area contributed by atoms with Gasteiger partial charge in [0, 0.05) is 18.7 Å². The summed E-state index contributed by atoms with van der Waals surface area (Å²) in [7, 11) is 0. The third kappa shape index (κ3) is 4.48. The van der Waals surface area contributed by atoms with Gasteiger partial charge in [0.2, 0.25) is 0 Å². The molecule has 0 bridgehead atoms. The van der Waals surface area contributed by atoms with Gasteiger partial charge in [0.1, 0.15) is 0 Å². The van der Waals surface area contributed by atoms with Crippen molar-refractivity contribution in [1.29, 1.82) is 0 Å². The molecule has 5 nitrogen and oxygen atoms in total. The average molecular weight is 218 g/mol. The Balaban J connectivity index is 4.64. The molecule has 5 heteroatoms. The van der Waals surface area contributed by atoms with Crippen molar-refractivity contribution in [2.75, 3.05) is 19.8 Å². The molecule has 1 atom stereocenters. The molecule has 0 spiro atoms. The average Bonchev–Trinajstić information content (AvgIpc) is 2.08. The van der Waals surface area contributed by atoms with Gasteiger partial charge < -0.3 is 15.6 Å². The molecule has 0 unspecified atom stereocenters. The van der Waals surface area contributed by atoms with Gasteiger partial charge in [-0.3, -0.25) is 4.90 Å². The lowest BCUT2D eigenvalue weighted by Crippen LogP contribution is -2.55. The summed E-state index contributed by atoms with van der Waals surface area (Å²) < 4.78 is 5.23. The minimum atomic E-state index is -0.961. The van der Waals surface area contributed by atoms with Crippen LogP contribution in [0.15, 0.2) is 0 Å². The zero-order chi connectivity index (χ0) is 12.1. The lowest BCUT2D eigenvalue weighted by Gasteiger charge is -2.38. The lowest BCUT2D eigenvalue weighted by atomic mass is 10.0. The van der Waals surface area contributed by atoms with Crippen molar-refractivity contribution in [1.82, 2.24) is 4.90 Å². The van der Waals surface area contributed by atoms with Crippen LogP contribution in [-0.2, 0) is 4.74 Å². The van der Waals surface area contributed by atoms with Gasteiger partial charge in [-0.25, -0.2) is 4.79 Å². The first kappa shape index (κ1) is 14.2. The molecule has 0 aliphatic carbocycles. The second-order valence-electron chi connectivity index (χ2n) is 4.37. The molecule has 0 saturated heterocycles. The highest BCUT2D eigenvalue weighted by Gasteiger charge is 2.32. The number of carbonyl (C=O) groups is 1. The Kier molecular flexibility index (Phi) is 5.60. The van der Waals surface area contributed by atoms with E-state index in [0.29, 0.717) is 13.2 Å². The minimum absolute atomic E-state index is 0.267. The summed E-state index contributed by atoms with van der Waals surface area (Å²) in [5, 5.41) is 9.12. The van der Waals surface area contributed by atoms with Crippen molar-refractivity contribution in [3.05, 3.63) is 0 Å². The number of hydrogen-bond acceptors (Lipinski definition) is 3. The van der Waals surface area contributed by atoms with Crippen LogP contribution in [0, 0.1) is 0 Å². The Morgan fingerprint density at radius 3 is 2.33 bits per heavy atom. The van der Waals surface area contributed by atoms with Crippen LogP contribution in [0.3, 0.4) is 0 Å². The quantitative estimate of drug-likeness (QED) is 0.725. The maximum absolute atomic E-state index is 11.1. The van der Waals surface area contributed by atoms with E-state index in [0.717, 1.165) is 0 Å². The van der Waals surface area contributed by atoms with E-state index in [-0.39, 0.29) is 12.6 Å². The SMILES string of the molecule is CCOC[C@@H](CN)N(C(=O)O)C(C)(C)C. The molecule has 0 fully saturated rings. The zero-order valence-corrected chi connectivity index (χ0v) is 9.99. The summed E-state index contributed by atoms with van der Waals surface area (Å²) in [5.74, 6) is 0. The molecule has 0 radical (unpaired) electrons. The number of nitrogens with zero attached hydrogens (tertiary/aromatic N) is 1. The van der Waals surface area contributed by atoms with Crippen molar-refractivity contribution in [2.45, 2.75) is 39.3 Å². The van der Waals surface area contributed by atoms with Gasteiger partial charge in [-0.2, -0.15) is 0 Å². The van der Waals surface area contributed by atoms with Crippen LogP contribution < -0.4 is 5.73 Å². The summed E-state index contributed by atoms with van der Waals surface area (Å²) in [4.78, 5) is 12.5. The van der Waals surface area contributed by atoms with Gasteiger partial charge in [0.25, 0.3) is 0 Å². The maximum Gasteiger partial charge on any atom is 0.408 e. The number of amides is 1. The van der Waals surface area contributed by atoms with Crippen molar-refractivity contribution < 1.29 is 14.6 Å². The highest BCUT2D eigenvalue weighted by atomic mass is 16.5. The third-order valence-corrected chi connectivity index (χ3v) is 2.08. The summed E-state index contributed by atoms with van der Waals surface area (Å²) in [6, 6.07) is -0.289. The van der Waals surface area contributed by atoms with E-state index in [1.165, 1.54) is 4.90 Å². The van der Waals surface area contributed by atoms with Crippen molar-refractivity contribution >= 4 is 6.09 Å². The van der Waals surface area contributed by atoms with E-state index in [1.54, 1.807) is 0 Å². The smallest absolute Gasteiger partial charge is 0.408 e. The van der Waals surface area contributed by atoms with Crippen LogP contribution in [0.25, 0.3) is 0 Å². The molecular formula is C10H22N2O3. The van der Waals surface area contributed by atoms with Crippen molar-refractivity contribution in [3.63, 3.8) is 0 Å². The van der Waals surface area contributed by atoms with Crippen LogP contribution in [0.1, 0.15) is 27.7 Å². The minimum Gasteiger partial charge on any atom is -0.465 e. The van der Waals surface area contributed by atoms with Crippen LogP contribution in [0.4, 0.5) is 4.79 Å². The van der Waals surface area contributed by atoms with E-state index in [4.69, 9.17) is 15.6 Å². The fourth-order valence-electron chi connectivity index (χ4n) is 1.49. The highest BCUT2D eigenvalue weighted by molar-refractivity contribution is 5.66. The lowest BCUT2D eigenvalue weighted by molar-refractivity contribution is 0.0266. The van der Waals surface area contributed by atoms with E-state index < -0.39 is 11.6 Å². The normalized spacial score (nSPS) is 13.7. The van der Waals surface area contributed by atoms with Gasteiger partial charge >= 0.3 is 6.09 Å². The fraction of sp³-hybridized carbons (Fsp3) is 0.900. The van der Waals surface area contributed by atoms with Crippen LogP contribution in [0.5, 0.6) is 0 Å². The molecule has 15 heavy (non-hydrogen) atoms. The summed E-state index contributed by atoms with van der Waals surface area (Å²) in [6.07, 6.45) is -0.961. The Morgan fingerprint density at radius 2 is 2.07 bits per heavy atom. The molecule has 0 saturated carbocycles. The Hall–Kier alpha value is -0.810. The number of rotatable bonds is 5. The largest absolute Gasteiger partial charge is 0.465 e. The molecular weight excluding hydrogens is 196 g/mol. The van der Waals surface area contributed by atoms with E-state index in [1.807, 2.05) is 27.7 Å². The van der Waals surface area contributed by atoms with Gasteiger partial charge in [-0.1, -0.05) is 0 Å². The predicted octanol–water partition coefficient (Wildman–Crippen LogP) is 1.13. The molecule has 0 heterocycles. The van der Waals surface area contributed by atoms with Gasteiger partial charge in [-0.15, -0.1) is 0 Å². The Morgan fingerprint density at radius 1 is 1.53 bits per heavy atom. The number of hydrogen-bond donors (Lipinski definition) is 2. The molecule has 0 aromatic carbocycles. The first-order chi connectivity index (χ1) is 6.84. The van der Waals surface area contributed by atoms with Crippen molar-refractivity contribution in [2.24, 2.45) is 5.73 Å². The molecule has 3 N–H and O–H groups in total. The molecule has 90 valence electrons. The van der Waals surface area contributed by atoms with Crippen LogP contribution >= 0.6 is 0 Å². The molecule has 0 aromatic rings. The van der Waals surface area contributed by atoms with Gasteiger partial charge in [0.05, 0.1) is 12.6 Å². The van der Waals surface area contributed by atoms with E-state index in [2.05, 4.69) is 0 Å². The summed E-state index contributed by atoms with van der Waals surface area (Å²) in [6.45, 7) is 8.57. The summed E-state index contributed by atoms with van der Waals surface area (Å²) in [5.41, 5.74) is 5.10.